The summed E-state index contributed by atoms with van der Waals surface area (Å²) >= 11 is 0. The molecule has 3 amide bonds. The molecule has 0 spiro atoms. The van der Waals surface area contributed by atoms with E-state index in [2.05, 4.69) is 5.32 Å². The lowest BCUT2D eigenvalue weighted by Crippen LogP contribution is -2.58. The van der Waals surface area contributed by atoms with Crippen LogP contribution < -0.4 is 16.8 Å². The predicted octanol–water partition coefficient (Wildman–Crippen LogP) is -2.18. The molecule has 1 fully saturated rings. The summed E-state index contributed by atoms with van der Waals surface area (Å²) in [7, 11) is 0. The first-order valence-corrected chi connectivity index (χ1v) is 3.68. The Kier molecular flexibility index (Phi) is 2.49. The Hall–Kier alpha value is -1.30. The lowest BCUT2D eigenvalue weighted by atomic mass is 10.2. The smallest absolute Gasteiger partial charge is 0.314 e. The highest BCUT2D eigenvalue weighted by molar-refractivity contribution is 5.81. The highest BCUT2D eigenvalue weighted by Crippen LogP contribution is 1.97. The number of carbonyl (C=O) groups is 2. The zero-order valence-electron chi connectivity index (χ0n) is 6.62. The lowest BCUT2D eigenvalue weighted by Gasteiger charge is -2.30. The van der Waals surface area contributed by atoms with Crippen LogP contribution in [-0.4, -0.2) is 42.5 Å². The van der Waals surface area contributed by atoms with Crippen LogP contribution in [0.4, 0.5) is 4.79 Å². The number of hydrogen-bond donors (Lipinski definition) is 3. The van der Waals surface area contributed by atoms with E-state index in [1.54, 1.807) is 0 Å². The van der Waals surface area contributed by atoms with E-state index in [1.165, 1.54) is 4.90 Å². The van der Waals surface area contributed by atoms with Gasteiger partial charge in [0.25, 0.3) is 0 Å². The van der Waals surface area contributed by atoms with Gasteiger partial charge in [-0.2, -0.15) is 0 Å². The topological polar surface area (TPSA) is 101 Å². The van der Waals surface area contributed by atoms with Gasteiger partial charge in [0.15, 0.2) is 0 Å². The summed E-state index contributed by atoms with van der Waals surface area (Å²) in [4.78, 5) is 22.8. The van der Waals surface area contributed by atoms with Crippen LogP contribution in [0.2, 0.25) is 0 Å². The third kappa shape index (κ3) is 1.85. The molecule has 1 unspecified atom stereocenters. The third-order valence-electron chi connectivity index (χ3n) is 1.83. The zero-order valence-corrected chi connectivity index (χ0v) is 6.62. The number of rotatable bonds is 1. The highest BCUT2D eigenvalue weighted by Gasteiger charge is 2.24. The van der Waals surface area contributed by atoms with E-state index < -0.39 is 18.0 Å². The first-order valence-electron chi connectivity index (χ1n) is 3.68. The molecule has 5 N–H and O–H groups in total. The number of nitrogens with two attached hydrogens (primary N) is 2. The number of carbonyl (C=O) groups excluding carboxylic acids is 2. The Morgan fingerprint density at radius 3 is 2.58 bits per heavy atom. The Morgan fingerprint density at radius 2 is 2.08 bits per heavy atom. The van der Waals surface area contributed by atoms with E-state index >= 15 is 0 Å². The van der Waals surface area contributed by atoms with Crippen molar-refractivity contribution in [1.29, 1.82) is 0 Å². The Labute approximate surface area is 69.9 Å². The van der Waals surface area contributed by atoms with Crippen molar-refractivity contribution in [3.8, 4) is 0 Å². The molecule has 1 heterocycles. The largest absolute Gasteiger partial charge is 0.368 e. The minimum absolute atomic E-state index is 0.269. The van der Waals surface area contributed by atoms with Crippen molar-refractivity contribution in [2.45, 2.75) is 6.04 Å². The maximum absolute atomic E-state index is 10.7. The molecule has 0 bridgehead atoms. The van der Waals surface area contributed by atoms with Gasteiger partial charge in [0.1, 0.15) is 6.04 Å². The number of hydrogen-bond acceptors (Lipinski definition) is 3. The monoisotopic (exact) mass is 172 g/mol. The van der Waals surface area contributed by atoms with Crippen LogP contribution in [-0.2, 0) is 4.79 Å². The van der Waals surface area contributed by atoms with Gasteiger partial charge < -0.3 is 21.7 Å². The molecule has 1 saturated heterocycles. The van der Waals surface area contributed by atoms with Crippen molar-refractivity contribution in [3.63, 3.8) is 0 Å². The first kappa shape index (κ1) is 8.79. The molecule has 1 aliphatic heterocycles. The summed E-state index contributed by atoms with van der Waals surface area (Å²) < 4.78 is 0. The van der Waals surface area contributed by atoms with E-state index in [0.29, 0.717) is 13.1 Å². The summed E-state index contributed by atoms with van der Waals surface area (Å²) in [5.41, 5.74) is 10.1. The summed E-state index contributed by atoms with van der Waals surface area (Å²) in [6.45, 7) is 1.35. The molecular weight excluding hydrogens is 160 g/mol. The fourth-order valence-corrected chi connectivity index (χ4v) is 1.14. The normalized spacial score (nSPS) is 23.7. The van der Waals surface area contributed by atoms with E-state index in [4.69, 9.17) is 11.5 Å². The summed E-state index contributed by atoms with van der Waals surface area (Å²) in [5, 5.41) is 2.88. The van der Waals surface area contributed by atoms with E-state index in [9.17, 15) is 9.59 Å². The van der Waals surface area contributed by atoms with Crippen LogP contribution in [0, 0.1) is 0 Å². The molecule has 6 heteroatoms. The quantitative estimate of drug-likeness (QED) is 0.419. The third-order valence-corrected chi connectivity index (χ3v) is 1.83. The molecule has 0 radical (unpaired) electrons. The summed E-state index contributed by atoms with van der Waals surface area (Å²) in [6.07, 6.45) is 0. The van der Waals surface area contributed by atoms with Gasteiger partial charge in [0.2, 0.25) is 5.91 Å². The van der Waals surface area contributed by atoms with Crippen LogP contribution in [0.25, 0.3) is 0 Å². The van der Waals surface area contributed by atoms with Crippen molar-refractivity contribution in [1.82, 2.24) is 10.2 Å². The van der Waals surface area contributed by atoms with Crippen LogP contribution in [0.3, 0.4) is 0 Å². The Bertz CT molecular complexity index is 186. The highest BCUT2D eigenvalue weighted by atomic mass is 16.2. The van der Waals surface area contributed by atoms with Gasteiger partial charge >= 0.3 is 6.03 Å². The van der Waals surface area contributed by atoms with Gasteiger partial charge in [-0.25, -0.2) is 4.79 Å². The molecule has 0 aliphatic carbocycles. The van der Waals surface area contributed by atoms with Gasteiger partial charge in [-0.1, -0.05) is 0 Å². The maximum atomic E-state index is 10.7. The van der Waals surface area contributed by atoms with Crippen LogP contribution in [0.1, 0.15) is 0 Å². The molecule has 1 rings (SSSR count). The van der Waals surface area contributed by atoms with Crippen molar-refractivity contribution in [2.24, 2.45) is 11.5 Å². The SMILES string of the molecule is NC(=O)C1CN(C(N)=O)CCN1. The fraction of sp³-hybridized carbons (Fsp3) is 0.667. The van der Waals surface area contributed by atoms with Crippen molar-refractivity contribution in [2.75, 3.05) is 19.6 Å². The molecule has 0 aromatic carbocycles. The number of piperazine rings is 1. The first-order chi connectivity index (χ1) is 5.61. The summed E-state index contributed by atoms with van der Waals surface area (Å²) in [6, 6.07) is -0.978. The molecule has 0 aromatic rings. The molecule has 0 aromatic heterocycles. The van der Waals surface area contributed by atoms with Gasteiger partial charge in [0.05, 0.1) is 0 Å². The number of amides is 3. The zero-order chi connectivity index (χ0) is 9.14. The molecule has 12 heavy (non-hydrogen) atoms. The summed E-state index contributed by atoms with van der Waals surface area (Å²) in [5.74, 6) is -0.457. The maximum Gasteiger partial charge on any atom is 0.314 e. The number of nitrogens with one attached hydrogen (secondary N) is 1. The Balaban J connectivity index is 2.51. The molecule has 6 nitrogen and oxygen atoms in total. The van der Waals surface area contributed by atoms with Gasteiger partial charge in [-0.05, 0) is 0 Å². The minimum atomic E-state index is -0.511. The van der Waals surface area contributed by atoms with Gasteiger partial charge in [0, 0.05) is 19.6 Å². The van der Waals surface area contributed by atoms with E-state index in [1.807, 2.05) is 0 Å². The van der Waals surface area contributed by atoms with Crippen molar-refractivity contribution >= 4 is 11.9 Å². The number of primary amides is 2. The molecule has 0 saturated carbocycles. The number of urea groups is 1. The van der Waals surface area contributed by atoms with Crippen LogP contribution >= 0.6 is 0 Å². The fourth-order valence-electron chi connectivity index (χ4n) is 1.14. The van der Waals surface area contributed by atoms with Gasteiger partial charge in [-0.15, -0.1) is 0 Å². The second-order valence-corrected chi connectivity index (χ2v) is 2.69. The van der Waals surface area contributed by atoms with Gasteiger partial charge in [-0.3, -0.25) is 4.79 Å². The lowest BCUT2D eigenvalue weighted by molar-refractivity contribution is -0.120. The van der Waals surface area contributed by atoms with Crippen LogP contribution in [0.15, 0.2) is 0 Å². The molecule has 1 atom stereocenters. The molecule has 68 valence electrons. The second-order valence-electron chi connectivity index (χ2n) is 2.69. The average molecular weight is 172 g/mol. The van der Waals surface area contributed by atoms with Crippen molar-refractivity contribution < 1.29 is 9.59 Å². The van der Waals surface area contributed by atoms with E-state index in [0.717, 1.165) is 0 Å². The van der Waals surface area contributed by atoms with Crippen LogP contribution in [0.5, 0.6) is 0 Å². The average Bonchev–Trinajstić information content (AvgIpc) is 2.04. The number of nitrogens with zero attached hydrogens (tertiary/aromatic N) is 1. The predicted molar refractivity (Wildman–Crippen MR) is 42.1 cm³/mol. The second kappa shape index (κ2) is 3.40. The molecule has 1 aliphatic rings. The minimum Gasteiger partial charge on any atom is -0.368 e. The van der Waals surface area contributed by atoms with E-state index in [-0.39, 0.29) is 6.54 Å². The standard InChI is InChI=1S/C6H12N4O2/c7-5(11)4-3-10(6(8)12)2-1-9-4/h4,9H,1-3H2,(H2,7,11)(H2,8,12). The Morgan fingerprint density at radius 1 is 1.42 bits per heavy atom. The van der Waals surface area contributed by atoms with Crippen molar-refractivity contribution in [3.05, 3.63) is 0 Å². The molecular formula is C6H12N4O2.